The minimum atomic E-state index is -4.48. The molecule has 0 saturated carbocycles. The SMILES string of the molecule is Cc1ccc(-c2ccc(-c3nc4cc(C(F)(F)F)ncc4[nH]3)cc2)cc1C. The van der Waals surface area contributed by atoms with Crippen molar-refractivity contribution in [1.82, 2.24) is 15.0 Å². The van der Waals surface area contributed by atoms with Gasteiger partial charge in [-0.25, -0.2) is 9.97 Å². The van der Waals surface area contributed by atoms with Gasteiger partial charge in [0.05, 0.1) is 17.2 Å². The number of H-pyrrole nitrogens is 1. The van der Waals surface area contributed by atoms with E-state index >= 15 is 0 Å². The molecule has 136 valence electrons. The molecule has 0 spiro atoms. The maximum atomic E-state index is 12.8. The summed E-state index contributed by atoms with van der Waals surface area (Å²) >= 11 is 0. The van der Waals surface area contributed by atoms with Gasteiger partial charge in [0.25, 0.3) is 0 Å². The number of pyridine rings is 1. The molecule has 4 aromatic rings. The molecule has 0 radical (unpaired) electrons. The molecule has 0 unspecified atom stereocenters. The summed E-state index contributed by atoms with van der Waals surface area (Å²) in [5.41, 5.74) is 5.21. The van der Waals surface area contributed by atoms with Crippen LogP contribution in [0, 0.1) is 13.8 Å². The first-order chi connectivity index (χ1) is 12.8. The molecule has 27 heavy (non-hydrogen) atoms. The van der Waals surface area contributed by atoms with Gasteiger partial charge in [0, 0.05) is 5.56 Å². The number of imidazole rings is 1. The standard InChI is InChI=1S/C21H16F3N3/c1-12-3-4-16(9-13(12)2)14-5-7-15(8-6-14)20-26-17-10-19(21(22,23)24)25-11-18(17)27-20/h3-11H,1-2H3,(H,26,27). The number of benzene rings is 2. The Balaban J connectivity index is 1.68. The zero-order valence-electron chi connectivity index (χ0n) is 14.7. The van der Waals surface area contributed by atoms with E-state index in [4.69, 9.17) is 0 Å². The number of aromatic nitrogens is 3. The van der Waals surface area contributed by atoms with Crippen LogP contribution in [0.4, 0.5) is 13.2 Å². The highest BCUT2D eigenvalue weighted by Gasteiger charge is 2.32. The third-order valence-corrected chi connectivity index (χ3v) is 4.66. The van der Waals surface area contributed by atoms with Gasteiger partial charge >= 0.3 is 6.18 Å². The minimum absolute atomic E-state index is 0.241. The molecule has 0 fully saturated rings. The van der Waals surface area contributed by atoms with Crippen molar-refractivity contribution >= 4 is 11.0 Å². The second-order valence-electron chi connectivity index (χ2n) is 6.55. The zero-order valence-corrected chi connectivity index (χ0v) is 14.7. The normalized spacial score (nSPS) is 11.9. The van der Waals surface area contributed by atoms with Gasteiger partial charge < -0.3 is 4.98 Å². The van der Waals surface area contributed by atoms with Crippen LogP contribution in [-0.4, -0.2) is 15.0 Å². The molecule has 3 nitrogen and oxygen atoms in total. The van der Waals surface area contributed by atoms with E-state index in [9.17, 15) is 13.2 Å². The summed E-state index contributed by atoms with van der Waals surface area (Å²) in [6.07, 6.45) is -3.32. The molecule has 0 saturated heterocycles. The summed E-state index contributed by atoms with van der Waals surface area (Å²) in [5.74, 6) is 0.512. The summed E-state index contributed by atoms with van der Waals surface area (Å²) in [7, 11) is 0. The molecule has 0 atom stereocenters. The van der Waals surface area contributed by atoms with Crippen molar-refractivity contribution in [2.24, 2.45) is 0 Å². The molecule has 6 heteroatoms. The number of alkyl halides is 3. The fourth-order valence-corrected chi connectivity index (χ4v) is 2.94. The molecule has 2 aromatic heterocycles. The highest BCUT2D eigenvalue weighted by molar-refractivity contribution is 5.79. The number of nitrogens with one attached hydrogen (secondary N) is 1. The largest absolute Gasteiger partial charge is 0.433 e. The monoisotopic (exact) mass is 367 g/mol. The summed E-state index contributed by atoms with van der Waals surface area (Å²) in [5, 5.41) is 0. The number of halogens is 3. The smallest absolute Gasteiger partial charge is 0.337 e. The Hall–Kier alpha value is -3.15. The molecular formula is C21H16F3N3. The number of hydrogen-bond acceptors (Lipinski definition) is 2. The first kappa shape index (κ1) is 17.3. The van der Waals surface area contributed by atoms with Crippen molar-refractivity contribution in [3.8, 4) is 22.5 Å². The quantitative estimate of drug-likeness (QED) is 0.477. The Bertz CT molecular complexity index is 1130. The maximum absolute atomic E-state index is 12.8. The van der Waals surface area contributed by atoms with Crippen molar-refractivity contribution in [1.29, 1.82) is 0 Å². The number of aromatic amines is 1. The molecule has 2 heterocycles. The van der Waals surface area contributed by atoms with Gasteiger partial charge in [0.1, 0.15) is 11.5 Å². The van der Waals surface area contributed by atoms with E-state index < -0.39 is 11.9 Å². The Morgan fingerprint density at radius 2 is 1.48 bits per heavy atom. The summed E-state index contributed by atoms with van der Waals surface area (Å²) < 4.78 is 38.4. The van der Waals surface area contributed by atoms with Crippen LogP contribution >= 0.6 is 0 Å². The van der Waals surface area contributed by atoms with Crippen molar-refractivity contribution in [3.05, 3.63) is 71.5 Å². The second-order valence-corrected chi connectivity index (χ2v) is 6.55. The van der Waals surface area contributed by atoms with E-state index in [1.54, 1.807) is 0 Å². The van der Waals surface area contributed by atoms with Crippen LogP contribution in [0.25, 0.3) is 33.5 Å². The van der Waals surface area contributed by atoms with E-state index in [1.165, 1.54) is 11.1 Å². The van der Waals surface area contributed by atoms with Gasteiger partial charge in [0.15, 0.2) is 0 Å². The van der Waals surface area contributed by atoms with Gasteiger partial charge in [-0.1, -0.05) is 42.5 Å². The molecule has 0 aliphatic heterocycles. The Kier molecular flexibility index (Phi) is 3.98. The van der Waals surface area contributed by atoms with Crippen LogP contribution in [0.5, 0.6) is 0 Å². The average molecular weight is 367 g/mol. The van der Waals surface area contributed by atoms with Crippen LogP contribution in [0.15, 0.2) is 54.7 Å². The lowest BCUT2D eigenvalue weighted by molar-refractivity contribution is -0.141. The van der Waals surface area contributed by atoms with E-state index in [1.807, 2.05) is 24.3 Å². The number of aryl methyl sites for hydroxylation is 2. The first-order valence-electron chi connectivity index (χ1n) is 8.42. The highest BCUT2D eigenvalue weighted by atomic mass is 19.4. The minimum Gasteiger partial charge on any atom is -0.337 e. The number of hydrogen-bond donors (Lipinski definition) is 1. The Morgan fingerprint density at radius 3 is 2.15 bits per heavy atom. The molecule has 0 bridgehead atoms. The van der Waals surface area contributed by atoms with Crippen LogP contribution in [-0.2, 0) is 6.18 Å². The third-order valence-electron chi connectivity index (χ3n) is 4.66. The topological polar surface area (TPSA) is 41.6 Å². The predicted molar refractivity (Wildman–Crippen MR) is 99.2 cm³/mol. The van der Waals surface area contributed by atoms with E-state index in [2.05, 4.69) is 47.0 Å². The Labute approximate surface area is 153 Å². The Morgan fingerprint density at radius 1 is 0.815 bits per heavy atom. The first-order valence-corrected chi connectivity index (χ1v) is 8.42. The lowest BCUT2D eigenvalue weighted by atomic mass is 9.99. The highest BCUT2D eigenvalue weighted by Crippen LogP contribution is 2.30. The van der Waals surface area contributed by atoms with Gasteiger partial charge in [-0.2, -0.15) is 13.2 Å². The molecule has 0 aliphatic carbocycles. The van der Waals surface area contributed by atoms with Gasteiger partial charge in [-0.05, 0) is 42.2 Å². The third kappa shape index (κ3) is 3.30. The summed E-state index contributed by atoms with van der Waals surface area (Å²) in [4.78, 5) is 10.8. The van der Waals surface area contributed by atoms with Crippen molar-refractivity contribution in [2.75, 3.05) is 0 Å². The molecule has 0 amide bonds. The van der Waals surface area contributed by atoms with Gasteiger partial charge in [-0.15, -0.1) is 0 Å². The van der Waals surface area contributed by atoms with Crippen LogP contribution in [0.3, 0.4) is 0 Å². The second kappa shape index (κ2) is 6.23. The fourth-order valence-electron chi connectivity index (χ4n) is 2.94. The van der Waals surface area contributed by atoms with Crippen LogP contribution in [0.1, 0.15) is 16.8 Å². The zero-order chi connectivity index (χ0) is 19.2. The van der Waals surface area contributed by atoms with Gasteiger partial charge in [-0.3, -0.25) is 0 Å². The van der Waals surface area contributed by atoms with Crippen LogP contribution < -0.4 is 0 Å². The van der Waals surface area contributed by atoms with E-state index in [-0.39, 0.29) is 5.52 Å². The lowest BCUT2D eigenvalue weighted by Gasteiger charge is -2.06. The average Bonchev–Trinajstić information content (AvgIpc) is 3.07. The maximum Gasteiger partial charge on any atom is 0.433 e. The number of nitrogens with zero attached hydrogens (tertiary/aromatic N) is 2. The van der Waals surface area contributed by atoms with Gasteiger partial charge in [0.2, 0.25) is 0 Å². The molecular weight excluding hydrogens is 351 g/mol. The molecule has 0 aliphatic rings. The summed E-state index contributed by atoms with van der Waals surface area (Å²) in [6, 6.07) is 15.0. The van der Waals surface area contributed by atoms with Crippen molar-refractivity contribution in [2.45, 2.75) is 20.0 Å². The lowest BCUT2D eigenvalue weighted by Crippen LogP contribution is -2.07. The molecule has 2 aromatic carbocycles. The fraction of sp³-hybridized carbons (Fsp3) is 0.143. The number of rotatable bonds is 2. The van der Waals surface area contributed by atoms with Crippen molar-refractivity contribution < 1.29 is 13.2 Å². The van der Waals surface area contributed by atoms with E-state index in [0.717, 1.165) is 29.0 Å². The van der Waals surface area contributed by atoms with Crippen molar-refractivity contribution in [3.63, 3.8) is 0 Å². The summed E-state index contributed by atoms with van der Waals surface area (Å²) in [6.45, 7) is 4.15. The molecule has 1 N–H and O–H groups in total. The van der Waals surface area contributed by atoms with Crippen LogP contribution in [0.2, 0.25) is 0 Å². The predicted octanol–water partition coefficient (Wildman–Crippen LogP) is 5.93. The van der Waals surface area contributed by atoms with E-state index in [0.29, 0.717) is 11.3 Å². The number of fused-ring (bicyclic) bond motifs is 1. The molecule has 4 rings (SSSR count).